The van der Waals surface area contributed by atoms with Gasteiger partial charge >= 0.3 is 6.55 Å². The van der Waals surface area contributed by atoms with Crippen molar-refractivity contribution in [3.63, 3.8) is 0 Å². The van der Waals surface area contributed by atoms with E-state index in [0.717, 1.165) is 21.9 Å². The van der Waals surface area contributed by atoms with Gasteiger partial charge in [0.05, 0.1) is 16.8 Å². The molecule has 0 atom stereocenters. The first-order valence-electron chi connectivity index (χ1n) is 7.58. The predicted octanol–water partition coefficient (Wildman–Crippen LogP) is 5.43. The van der Waals surface area contributed by atoms with E-state index in [1.54, 1.807) is 42.5 Å². The summed E-state index contributed by atoms with van der Waals surface area (Å²) in [7, 11) is 0. The number of benzene rings is 2. The van der Waals surface area contributed by atoms with Gasteiger partial charge in [0.1, 0.15) is 0 Å². The molecular formula is C17H11ClF2N4OS. The number of thioether (sulfide) groups is 1. The Labute approximate surface area is 156 Å². The Morgan fingerprint density at radius 3 is 2.77 bits per heavy atom. The van der Waals surface area contributed by atoms with E-state index >= 15 is 0 Å². The number of fused-ring (bicyclic) bond motifs is 1. The summed E-state index contributed by atoms with van der Waals surface area (Å²) in [6.45, 7) is -2.69. The Morgan fingerprint density at radius 2 is 1.96 bits per heavy atom. The molecule has 0 N–H and O–H groups in total. The lowest BCUT2D eigenvalue weighted by atomic mass is 10.2. The lowest BCUT2D eigenvalue weighted by Gasteiger charge is -2.05. The average molecular weight is 393 g/mol. The molecule has 9 heteroatoms. The number of nitrogens with zero attached hydrogens (tertiary/aromatic N) is 4. The molecule has 0 aliphatic heterocycles. The minimum Gasteiger partial charge on any atom is -0.338 e. The van der Waals surface area contributed by atoms with Gasteiger partial charge in [-0.3, -0.25) is 4.57 Å². The van der Waals surface area contributed by atoms with Crippen molar-refractivity contribution in [2.45, 2.75) is 17.5 Å². The van der Waals surface area contributed by atoms with Crippen LogP contribution in [0.5, 0.6) is 0 Å². The van der Waals surface area contributed by atoms with E-state index in [0.29, 0.717) is 27.8 Å². The second kappa shape index (κ2) is 7.05. The number of halogens is 3. The van der Waals surface area contributed by atoms with Crippen molar-refractivity contribution in [2.24, 2.45) is 0 Å². The smallest absolute Gasteiger partial charge is 0.321 e. The summed E-state index contributed by atoms with van der Waals surface area (Å²) in [5.41, 5.74) is 1.62. The van der Waals surface area contributed by atoms with Crippen LogP contribution in [0.25, 0.3) is 22.4 Å². The summed E-state index contributed by atoms with van der Waals surface area (Å²) in [5.74, 6) is 0.937. The molecule has 0 bridgehead atoms. The van der Waals surface area contributed by atoms with Gasteiger partial charge in [0, 0.05) is 10.6 Å². The second-order valence-electron chi connectivity index (χ2n) is 5.34. The molecule has 0 saturated heterocycles. The fourth-order valence-corrected chi connectivity index (χ4v) is 3.54. The molecule has 0 fully saturated rings. The predicted molar refractivity (Wildman–Crippen MR) is 95.3 cm³/mol. The topological polar surface area (TPSA) is 56.7 Å². The van der Waals surface area contributed by atoms with Gasteiger partial charge in [0.15, 0.2) is 5.16 Å². The number of para-hydroxylation sites is 2. The first-order valence-corrected chi connectivity index (χ1v) is 8.94. The van der Waals surface area contributed by atoms with E-state index in [4.69, 9.17) is 16.1 Å². The van der Waals surface area contributed by atoms with Crippen LogP contribution >= 0.6 is 23.4 Å². The third-order valence-corrected chi connectivity index (χ3v) is 4.81. The van der Waals surface area contributed by atoms with Crippen molar-refractivity contribution in [2.75, 3.05) is 0 Å². The molecule has 132 valence electrons. The van der Waals surface area contributed by atoms with E-state index < -0.39 is 6.55 Å². The van der Waals surface area contributed by atoms with Crippen LogP contribution in [0.2, 0.25) is 5.02 Å². The highest BCUT2D eigenvalue weighted by atomic mass is 35.5. The van der Waals surface area contributed by atoms with Crippen LogP contribution in [-0.2, 0) is 5.75 Å². The van der Waals surface area contributed by atoms with Crippen molar-refractivity contribution in [1.82, 2.24) is 19.7 Å². The number of rotatable bonds is 5. The molecule has 2 aromatic heterocycles. The summed E-state index contributed by atoms with van der Waals surface area (Å²) >= 11 is 7.07. The van der Waals surface area contributed by atoms with Crippen LogP contribution in [-0.4, -0.2) is 19.7 Å². The molecule has 2 heterocycles. The summed E-state index contributed by atoms with van der Waals surface area (Å²) in [4.78, 5) is 8.55. The second-order valence-corrected chi connectivity index (χ2v) is 6.72. The van der Waals surface area contributed by atoms with Gasteiger partial charge in [0.2, 0.25) is 11.7 Å². The molecule has 0 unspecified atom stereocenters. The molecule has 0 amide bonds. The summed E-state index contributed by atoms with van der Waals surface area (Å²) in [6.07, 6.45) is 0. The highest BCUT2D eigenvalue weighted by Crippen LogP contribution is 2.31. The molecule has 26 heavy (non-hydrogen) atoms. The summed E-state index contributed by atoms with van der Waals surface area (Å²) < 4.78 is 33.0. The van der Waals surface area contributed by atoms with E-state index in [1.807, 2.05) is 6.07 Å². The average Bonchev–Trinajstić information content (AvgIpc) is 3.24. The monoisotopic (exact) mass is 392 g/mol. The Hall–Kier alpha value is -2.45. The van der Waals surface area contributed by atoms with E-state index in [9.17, 15) is 8.78 Å². The van der Waals surface area contributed by atoms with Crippen LogP contribution in [0.15, 0.2) is 58.2 Å². The molecule has 0 aliphatic rings. The van der Waals surface area contributed by atoms with Crippen LogP contribution in [0.4, 0.5) is 8.78 Å². The van der Waals surface area contributed by atoms with E-state index in [2.05, 4.69) is 15.1 Å². The number of hydrogen-bond donors (Lipinski definition) is 0. The number of hydrogen-bond acceptors (Lipinski definition) is 5. The molecule has 0 spiro atoms. The normalized spacial score (nSPS) is 11.5. The molecular weight excluding hydrogens is 382 g/mol. The third-order valence-electron chi connectivity index (χ3n) is 3.63. The quantitative estimate of drug-likeness (QED) is 0.424. The standard InChI is InChI=1S/C17H11ClF2N4OS/c18-11-5-3-4-10(8-11)15-22-14(25-23-15)9-26-17-21-12-6-1-2-7-13(12)24(17)16(19)20/h1-8,16H,9H2. The molecule has 4 aromatic rings. The Morgan fingerprint density at radius 1 is 1.12 bits per heavy atom. The number of imidazole rings is 1. The zero-order valence-electron chi connectivity index (χ0n) is 13.1. The lowest BCUT2D eigenvalue weighted by molar-refractivity contribution is 0.0656. The van der Waals surface area contributed by atoms with Gasteiger partial charge in [-0.2, -0.15) is 13.8 Å². The highest BCUT2D eigenvalue weighted by Gasteiger charge is 2.19. The van der Waals surface area contributed by atoms with Gasteiger partial charge in [-0.1, -0.05) is 52.8 Å². The van der Waals surface area contributed by atoms with Gasteiger partial charge in [-0.15, -0.1) is 0 Å². The molecule has 0 aliphatic carbocycles. The van der Waals surface area contributed by atoms with E-state index in [1.165, 1.54) is 0 Å². The summed E-state index contributed by atoms with van der Waals surface area (Å²) in [6, 6.07) is 13.8. The first-order chi connectivity index (χ1) is 12.6. The largest absolute Gasteiger partial charge is 0.338 e. The van der Waals surface area contributed by atoms with Crippen LogP contribution < -0.4 is 0 Å². The third kappa shape index (κ3) is 3.30. The molecule has 0 radical (unpaired) electrons. The fraction of sp³-hybridized carbons (Fsp3) is 0.118. The van der Waals surface area contributed by atoms with Gasteiger partial charge in [0.25, 0.3) is 0 Å². The maximum Gasteiger partial charge on any atom is 0.321 e. The Bertz CT molecular complexity index is 1070. The lowest BCUT2D eigenvalue weighted by Crippen LogP contribution is -2.00. The van der Waals surface area contributed by atoms with Crippen LogP contribution in [0.3, 0.4) is 0 Å². The van der Waals surface area contributed by atoms with Crippen molar-refractivity contribution in [1.29, 1.82) is 0 Å². The van der Waals surface area contributed by atoms with Crippen LogP contribution in [0.1, 0.15) is 12.4 Å². The molecule has 0 saturated carbocycles. The SMILES string of the molecule is FC(F)n1c(SCc2nc(-c3cccc(Cl)c3)no2)nc2ccccc21. The molecule has 5 nitrogen and oxygen atoms in total. The maximum absolute atomic E-state index is 13.4. The number of alkyl halides is 2. The minimum absolute atomic E-state index is 0.198. The van der Waals surface area contributed by atoms with Crippen molar-refractivity contribution in [3.05, 3.63) is 59.4 Å². The minimum atomic E-state index is -2.69. The Balaban J connectivity index is 1.57. The fourth-order valence-electron chi connectivity index (χ4n) is 2.50. The molecule has 2 aromatic carbocycles. The maximum atomic E-state index is 13.4. The van der Waals surface area contributed by atoms with Crippen LogP contribution in [0, 0.1) is 0 Å². The van der Waals surface area contributed by atoms with Gasteiger partial charge in [-0.05, 0) is 24.3 Å². The highest BCUT2D eigenvalue weighted by molar-refractivity contribution is 7.98. The van der Waals surface area contributed by atoms with Crippen molar-refractivity contribution >= 4 is 34.4 Å². The Kier molecular flexibility index (Phi) is 4.60. The zero-order valence-corrected chi connectivity index (χ0v) is 14.7. The van der Waals surface area contributed by atoms with Crippen molar-refractivity contribution in [3.8, 4) is 11.4 Å². The number of aromatic nitrogens is 4. The van der Waals surface area contributed by atoms with Crippen molar-refractivity contribution < 1.29 is 13.3 Å². The zero-order chi connectivity index (χ0) is 18.1. The van der Waals surface area contributed by atoms with E-state index in [-0.39, 0.29) is 10.9 Å². The molecule has 4 rings (SSSR count). The van der Waals surface area contributed by atoms with Gasteiger partial charge < -0.3 is 4.52 Å². The summed E-state index contributed by atoms with van der Waals surface area (Å²) in [5, 5.41) is 4.67. The first kappa shape index (κ1) is 17.0. The van der Waals surface area contributed by atoms with Gasteiger partial charge in [-0.25, -0.2) is 4.98 Å².